The number of hydrogen-bond donors (Lipinski definition) is 1. The summed E-state index contributed by atoms with van der Waals surface area (Å²) in [5.41, 5.74) is 0.525. The van der Waals surface area contributed by atoms with Gasteiger partial charge in [-0.05, 0) is 30.7 Å². The summed E-state index contributed by atoms with van der Waals surface area (Å²) < 4.78 is 25.8. The zero-order valence-corrected chi connectivity index (χ0v) is 12.5. The van der Waals surface area contributed by atoms with Crippen LogP contribution in [0.3, 0.4) is 0 Å². The smallest absolute Gasteiger partial charge is 0.264 e. The summed E-state index contributed by atoms with van der Waals surface area (Å²) in [5.74, 6) is -0.510. The standard InChI is InChI=1S/C12H18N4O3S/c1-4-5-12(17)14-20(18,19)11-8-6-10(7-9-11)13-15-16(2)3/h6-9H,4-5H2,1-3H3,(H,14,17). The molecule has 1 amide bonds. The molecular weight excluding hydrogens is 280 g/mol. The van der Waals surface area contributed by atoms with E-state index < -0.39 is 15.9 Å². The highest BCUT2D eigenvalue weighted by Gasteiger charge is 2.16. The lowest BCUT2D eigenvalue weighted by Crippen LogP contribution is -2.30. The number of amides is 1. The fourth-order valence-electron chi connectivity index (χ4n) is 1.32. The molecule has 0 bridgehead atoms. The van der Waals surface area contributed by atoms with E-state index in [0.29, 0.717) is 12.1 Å². The number of rotatable bonds is 6. The zero-order chi connectivity index (χ0) is 15.2. The maximum atomic E-state index is 11.9. The van der Waals surface area contributed by atoms with E-state index in [4.69, 9.17) is 0 Å². The molecule has 1 N–H and O–H groups in total. The first-order valence-corrected chi connectivity index (χ1v) is 7.58. The second-order valence-corrected chi connectivity index (χ2v) is 5.99. The molecule has 0 saturated carbocycles. The molecule has 0 aliphatic heterocycles. The predicted molar refractivity (Wildman–Crippen MR) is 74.9 cm³/mol. The highest BCUT2D eigenvalue weighted by molar-refractivity contribution is 7.90. The van der Waals surface area contributed by atoms with E-state index in [1.165, 1.54) is 29.3 Å². The molecule has 0 aliphatic carbocycles. The van der Waals surface area contributed by atoms with Gasteiger partial charge < -0.3 is 0 Å². The van der Waals surface area contributed by atoms with E-state index in [1.807, 2.05) is 4.72 Å². The van der Waals surface area contributed by atoms with Gasteiger partial charge >= 0.3 is 0 Å². The summed E-state index contributed by atoms with van der Waals surface area (Å²) in [7, 11) is -0.356. The lowest BCUT2D eigenvalue weighted by molar-refractivity contribution is -0.119. The van der Waals surface area contributed by atoms with Crippen molar-refractivity contribution in [2.24, 2.45) is 10.3 Å². The molecule has 0 aromatic heterocycles. The van der Waals surface area contributed by atoms with E-state index in [1.54, 1.807) is 21.0 Å². The summed E-state index contributed by atoms with van der Waals surface area (Å²) in [6.45, 7) is 1.80. The Morgan fingerprint density at radius 3 is 2.35 bits per heavy atom. The summed E-state index contributed by atoms with van der Waals surface area (Å²) in [4.78, 5) is 11.4. The summed E-state index contributed by atoms with van der Waals surface area (Å²) >= 11 is 0. The number of sulfonamides is 1. The van der Waals surface area contributed by atoms with Gasteiger partial charge in [0.2, 0.25) is 5.91 Å². The number of carbonyl (C=O) groups excluding carboxylic acids is 1. The van der Waals surface area contributed by atoms with Crippen LogP contribution < -0.4 is 4.72 Å². The number of nitrogens with one attached hydrogen (secondary N) is 1. The Morgan fingerprint density at radius 1 is 1.25 bits per heavy atom. The third kappa shape index (κ3) is 4.96. The molecule has 0 spiro atoms. The van der Waals surface area contributed by atoms with E-state index in [9.17, 15) is 13.2 Å². The quantitative estimate of drug-likeness (QED) is 0.641. The van der Waals surface area contributed by atoms with Gasteiger partial charge in [0.15, 0.2) is 0 Å². The van der Waals surface area contributed by atoms with Crippen LogP contribution >= 0.6 is 0 Å². The normalized spacial score (nSPS) is 11.6. The van der Waals surface area contributed by atoms with E-state index in [-0.39, 0.29) is 11.3 Å². The van der Waals surface area contributed by atoms with Crippen molar-refractivity contribution in [2.75, 3.05) is 14.1 Å². The zero-order valence-electron chi connectivity index (χ0n) is 11.7. The second kappa shape index (κ2) is 6.99. The molecule has 110 valence electrons. The Bertz CT molecular complexity index is 579. The van der Waals surface area contributed by atoms with Gasteiger partial charge in [0.05, 0.1) is 10.6 Å². The lowest BCUT2D eigenvalue weighted by Gasteiger charge is -2.06. The first kappa shape index (κ1) is 16.1. The van der Waals surface area contributed by atoms with E-state index in [2.05, 4.69) is 10.3 Å². The largest absolute Gasteiger partial charge is 0.285 e. The summed E-state index contributed by atoms with van der Waals surface area (Å²) in [6, 6.07) is 5.80. The molecular formula is C12H18N4O3S. The molecule has 7 nitrogen and oxygen atoms in total. The average molecular weight is 298 g/mol. The first-order valence-electron chi connectivity index (χ1n) is 6.10. The topological polar surface area (TPSA) is 91.2 Å². The molecule has 0 fully saturated rings. The van der Waals surface area contributed by atoms with Gasteiger partial charge in [-0.15, -0.1) is 5.11 Å². The number of hydrogen-bond acceptors (Lipinski definition) is 5. The van der Waals surface area contributed by atoms with Gasteiger partial charge in [-0.25, -0.2) is 13.1 Å². The Balaban J connectivity index is 2.84. The van der Waals surface area contributed by atoms with Crippen molar-refractivity contribution in [2.45, 2.75) is 24.7 Å². The van der Waals surface area contributed by atoms with Crippen molar-refractivity contribution in [1.82, 2.24) is 9.73 Å². The van der Waals surface area contributed by atoms with Crippen molar-refractivity contribution in [3.8, 4) is 0 Å². The van der Waals surface area contributed by atoms with Gasteiger partial charge in [0.25, 0.3) is 10.0 Å². The highest BCUT2D eigenvalue weighted by Crippen LogP contribution is 2.17. The Hall–Kier alpha value is -1.96. The fraction of sp³-hybridized carbons (Fsp3) is 0.417. The van der Waals surface area contributed by atoms with Crippen LogP contribution in [0.25, 0.3) is 0 Å². The minimum absolute atomic E-state index is 0.0192. The Kier molecular flexibility index (Phi) is 5.63. The van der Waals surface area contributed by atoms with Crippen LogP contribution in [0.1, 0.15) is 19.8 Å². The van der Waals surface area contributed by atoms with E-state index >= 15 is 0 Å². The first-order chi connectivity index (χ1) is 9.35. The molecule has 0 heterocycles. The molecule has 20 heavy (non-hydrogen) atoms. The molecule has 1 aromatic rings. The van der Waals surface area contributed by atoms with Crippen LogP contribution in [0.15, 0.2) is 39.5 Å². The van der Waals surface area contributed by atoms with Gasteiger partial charge in [-0.2, -0.15) is 0 Å². The molecule has 0 atom stereocenters. The molecule has 8 heteroatoms. The third-order valence-electron chi connectivity index (χ3n) is 2.21. The minimum atomic E-state index is -3.81. The number of benzene rings is 1. The van der Waals surface area contributed by atoms with Crippen LogP contribution in [0.5, 0.6) is 0 Å². The van der Waals surface area contributed by atoms with Gasteiger partial charge in [0.1, 0.15) is 0 Å². The van der Waals surface area contributed by atoms with Crippen molar-refractivity contribution in [1.29, 1.82) is 0 Å². The van der Waals surface area contributed by atoms with Crippen molar-refractivity contribution in [3.05, 3.63) is 24.3 Å². The summed E-state index contributed by atoms with van der Waals surface area (Å²) in [6.07, 6.45) is 0.763. The molecule has 1 aromatic carbocycles. The Labute approximate surface area is 118 Å². The van der Waals surface area contributed by atoms with Gasteiger partial charge in [-0.1, -0.05) is 12.1 Å². The Morgan fingerprint density at radius 2 is 1.85 bits per heavy atom. The van der Waals surface area contributed by atoms with Gasteiger partial charge in [-0.3, -0.25) is 9.80 Å². The second-order valence-electron chi connectivity index (χ2n) is 4.31. The molecule has 1 rings (SSSR count). The third-order valence-corrected chi connectivity index (χ3v) is 3.60. The van der Waals surface area contributed by atoms with Crippen LogP contribution in [0.4, 0.5) is 5.69 Å². The molecule has 0 saturated heterocycles. The predicted octanol–water partition coefficient (Wildman–Crippen LogP) is 1.85. The molecule has 0 unspecified atom stereocenters. The number of nitrogens with zero attached hydrogens (tertiary/aromatic N) is 3. The lowest BCUT2D eigenvalue weighted by atomic mass is 10.3. The fourth-order valence-corrected chi connectivity index (χ4v) is 2.33. The molecule has 0 radical (unpaired) electrons. The molecule has 0 aliphatic rings. The SMILES string of the molecule is CCCC(=O)NS(=O)(=O)c1ccc(N=NN(C)C)cc1. The van der Waals surface area contributed by atoms with Crippen molar-refractivity contribution < 1.29 is 13.2 Å². The maximum absolute atomic E-state index is 11.9. The monoisotopic (exact) mass is 298 g/mol. The van der Waals surface area contributed by atoms with Crippen molar-refractivity contribution >= 4 is 21.6 Å². The van der Waals surface area contributed by atoms with Crippen molar-refractivity contribution in [3.63, 3.8) is 0 Å². The van der Waals surface area contributed by atoms with Crippen LogP contribution in [-0.2, 0) is 14.8 Å². The van der Waals surface area contributed by atoms with Crippen LogP contribution in [0, 0.1) is 0 Å². The van der Waals surface area contributed by atoms with E-state index in [0.717, 1.165) is 0 Å². The maximum Gasteiger partial charge on any atom is 0.264 e. The minimum Gasteiger partial charge on any atom is -0.285 e. The van der Waals surface area contributed by atoms with Crippen LogP contribution in [0.2, 0.25) is 0 Å². The summed E-state index contributed by atoms with van der Waals surface area (Å²) in [5, 5.41) is 9.21. The van der Waals surface area contributed by atoms with Crippen LogP contribution in [-0.4, -0.2) is 33.4 Å². The highest BCUT2D eigenvalue weighted by atomic mass is 32.2. The number of carbonyl (C=O) groups is 1. The van der Waals surface area contributed by atoms with Gasteiger partial charge in [0, 0.05) is 20.5 Å². The average Bonchev–Trinajstić information content (AvgIpc) is 2.36.